The minimum atomic E-state index is -0.880. The van der Waals surface area contributed by atoms with Crippen molar-refractivity contribution in [3.05, 3.63) is 35.5 Å². The standard InChI is InChI=1S/C24H38N2O2/c1-3-4-5-6-7-8-9-10-11-12-13-14-17-21-20(2)23(27)26(24(21)28)22-18-15-16-19-25-22/h15-16,18-19,23,27H,3-14,17H2,1-2H3. The molecule has 2 rings (SSSR count). The van der Waals surface area contributed by atoms with Crippen LogP contribution in [0.15, 0.2) is 35.5 Å². The van der Waals surface area contributed by atoms with Gasteiger partial charge in [0.05, 0.1) is 0 Å². The first-order valence-corrected chi connectivity index (χ1v) is 11.3. The lowest BCUT2D eigenvalue weighted by molar-refractivity contribution is -0.115. The molecule has 1 unspecified atom stereocenters. The third kappa shape index (κ3) is 6.73. The van der Waals surface area contributed by atoms with E-state index in [9.17, 15) is 9.90 Å². The Balaban J connectivity index is 1.59. The van der Waals surface area contributed by atoms with Crippen LogP contribution in [0.3, 0.4) is 0 Å². The first-order chi connectivity index (χ1) is 13.7. The second-order valence-electron chi connectivity index (χ2n) is 8.04. The van der Waals surface area contributed by atoms with Gasteiger partial charge in [-0.05, 0) is 37.5 Å². The molecular formula is C24H38N2O2. The van der Waals surface area contributed by atoms with Crippen LogP contribution in [0.1, 0.15) is 97.3 Å². The molecule has 28 heavy (non-hydrogen) atoms. The molecule has 0 spiro atoms. The van der Waals surface area contributed by atoms with E-state index in [0.29, 0.717) is 5.82 Å². The van der Waals surface area contributed by atoms with E-state index in [1.165, 1.54) is 69.1 Å². The highest BCUT2D eigenvalue weighted by atomic mass is 16.3. The summed E-state index contributed by atoms with van der Waals surface area (Å²) in [7, 11) is 0. The quantitative estimate of drug-likeness (QED) is 0.390. The van der Waals surface area contributed by atoms with Gasteiger partial charge in [-0.25, -0.2) is 4.98 Å². The highest BCUT2D eigenvalue weighted by Gasteiger charge is 2.36. The van der Waals surface area contributed by atoms with Crippen molar-refractivity contribution in [1.29, 1.82) is 0 Å². The normalized spacial score (nSPS) is 17.0. The summed E-state index contributed by atoms with van der Waals surface area (Å²) in [6.07, 6.45) is 17.2. The minimum Gasteiger partial charge on any atom is -0.369 e. The summed E-state index contributed by atoms with van der Waals surface area (Å²) in [6.45, 7) is 4.13. The Labute approximate surface area is 171 Å². The average molecular weight is 387 g/mol. The molecule has 0 bridgehead atoms. The molecule has 156 valence electrons. The summed E-state index contributed by atoms with van der Waals surface area (Å²) in [5.41, 5.74) is 1.55. The predicted octanol–water partition coefficient (Wildman–Crippen LogP) is 6.15. The van der Waals surface area contributed by atoms with E-state index in [1.807, 2.05) is 19.1 Å². The number of hydrogen-bond acceptors (Lipinski definition) is 3. The second-order valence-corrected chi connectivity index (χ2v) is 8.04. The maximum absolute atomic E-state index is 12.7. The lowest BCUT2D eigenvalue weighted by Gasteiger charge is -2.20. The van der Waals surface area contributed by atoms with Crippen LogP contribution < -0.4 is 4.90 Å². The molecule has 1 aromatic heterocycles. The molecule has 1 aliphatic heterocycles. The third-order valence-corrected chi connectivity index (χ3v) is 5.76. The molecule has 0 saturated carbocycles. The van der Waals surface area contributed by atoms with Crippen molar-refractivity contribution in [2.24, 2.45) is 0 Å². The first kappa shape index (κ1) is 22.6. The molecule has 0 aromatic carbocycles. The molecule has 1 amide bonds. The molecule has 1 aliphatic rings. The van der Waals surface area contributed by atoms with Crippen molar-refractivity contribution >= 4 is 11.7 Å². The number of aliphatic hydroxyl groups is 1. The number of hydrogen-bond donors (Lipinski definition) is 1. The number of pyridine rings is 1. The molecular weight excluding hydrogens is 348 g/mol. The highest BCUT2D eigenvalue weighted by Crippen LogP contribution is 2.31. The third-order valence-electron chi connectivity index (χ3n) is 5.76. The van der Waals surface area contributed by atoms with Crippen LogP contribution in [-0.2, 0) is 4.79 Å². The van der Waals surface area contributed by atoms with Crippen LogP contribution in [-0.4, -0.2) is 22.2 Å². The van der Waals surface area contributed by atoms with Gasteiger partial charge in [-0.1, -0.05) is 83.6 Å². The van der Waals surface area contributed by atoms with E-state index >= 15 is 0 Å². The van der Waals surface area contributed by atoms with E-state index in [2.05, 4.69) is 11.9 Å². The van der Waals surface area contributed by atoms with Gasteiger partial charge in [0.1, 0.15) is 5.82 Å². The number of unbranched alkanes of at least 4 members (excludes halogenated alkanes) is 11. The number of aromatic nitrogens is 1. The monoisotopic (exact) mass is 386 g/mol. The summed E-state index contributed by atoms with van der Waals surface area (Å²) in [6, 6.07) is 5.41. The second kappa shape index (κ2) is 12.7. The van der Waals surface area contributed by atoms with Gasteiger partial charge in [0.15, 0.2) is 6.23 Å². The molecule has 0 aliphatic carbocycles. The van der Waals surface area contributed by atoms with Gasteiger partial charge in [0.2, 0.25) is 0 Å². The van der Waals surface area contributed by atoms with E-state index in [1.54, 1.807) is 12.3 Å². The molecule has 1 aromatic rings. The van der Waals surface area contributed by atoms with Crippen LogP contribution in [0.2, 0.25) is 0 Å². The maximum atomic E-state index is 12.7. The summed E-state index contributed by atoms with van der Waals surface area (Å²) in [5.74, 6) is 0.427. The number of aliphatic hydroxyl groups excluding tert-OH is 1. The van der Waals surface area contributed by atoms with Crippen molar-refractivity contribution in [3.63, 3.8) is 0 Å². The fraction of sp³-hybridized carbons (Fsp3) is 0.667. The lowest BCUT2D eigenvalue weighted by Crippen LogP contribution is -2.35. The van der Waals surface area contributed by atoms with Crippen LogP contribution >= 0.6 is 0 Å². The molecule has 2 heterocycles. The van der Waals surface area contributed by atoms with Crippen molar-refractivity contribution in [2.45, 2.75) is 104 Å². The summed E-state index contributed by atoms with van der Waals surface area (Å²) in [5, 5.41) is 10.5. The number of nitrogens with zero attached hydrogens (tertiary/aromatic N) is 2. The van der Waals surface area contributed by atoms with Gasteiger partial charge in [-0.3, -0.25) is 9.69 Å². The van der Waals surface area contributed by atoms with E-state index in [-0.39, 0.29) is 5.91 Å². The zero-order chi connectivity index (χ0) is 20.2. The predicted molar refractivity (Wildman–Crippen MR) is 116 cm³/mol. The van der Waals surface area contributed by atoms with Crippen molar-refractivity contribution < 1.29 is 9.90 Å². The van der Waals surface area contributed by atoms with Crippen LogP contribution in [0.25, 0.3) is 0 Å². The number of rotatable bonds is 14. The first-order valence-electron chi connectivity index (χ1n) is 11.3. The molecule has 0 radical (unpaired) electrons. The summed E-state index contributed by atoms with van der Waals surface area (Å²) >= 11 is 0. The Morgan fingerprint density at radius 1 is 0.929 bits per heavy atom. The van der Waals surface area contributed by atoms with Crippen LogP contribution in [0, 0.1) is 0 Å². The molecule has 0 fully saturated rings. The largest absolute Gasteiger partial charge is 0.369 e. The van der Waals surface area contributed by atoms with Gasteiger partial charge in [0.25, 0.3) is 5.91 Å². The smallest absolute Gasteiger partial charge is 0.257 e. The Hall–Kier alpha value is -1.68. The molecule has 4 heteroatoms. The fourth-order valence-corrected chi connectivity index (χ4v) is 3.95. The molecule has 4 nitrogen and oxygen atoms in total. The molecule has 1 atom stereocenters. The fourth-order valence-electron chi connectivity index (χ4n) is 3.95. The number of anilines is 1. The van der Waals surface area contributed by atoms with Gasteiger partial charge < -0.3 is 5.11 Å². The van der Waals surface area contributed by atoms with E-state index in [0.717, 1.165) is 30.4 Å². The average Bonchev–Trinajstić information content (AvgIpc) is 2.92. The zero-order valence-electron chi connectivity index (χ0n) is 17.8. The Bertz CT molecular complexity index is 612. The molecule has 0 saturated heterocycles. The van der Waals surface area contributed by atoms with E-state index in [4.69, 9.17) is 0 Å². The lowest BCUT2D eigenvalue weighted by atomic mass is 10.0. The number of carbonyl (C=O) groups is 1. The van der Waals surface area contributed by atoms with Gasteiger partial charge in [0, 0.05) is 11.8 Å². The minimum absolute atomic E-state index is 0.0910. The SMILES string of the molecule is CCCCCCCCCCCCCCC1=C(C)C(O)N(c2ccccn2)C1=O. The topological polar surface area (TPSA) is 53.4 Å². The summed E-state index contributed by atoms with van der Waals surface area (Å²) < 4.78 is 0. The van der Waals surface area contributed by atoms with Gasteiger partial charge in [-0.2, -0.15) is 0 Å². The maximum Gasteiger partial charge on any atom is 0.257 e. The van der Waals surface area contributed by atoms with Gasteiger partial charge in [-0.15, -0.1) is 0 Å². The van der Waals surface area contributed by atoms with Crippen molar-refractivity contribution in [3.8, 4) is 0 Å². The van der Waals surface area contributed by atoms with Crippen LogP contribution in [0.4, 0.5) is 5.82 Å². The van der Waals surface area contributed by atoms with Crippen molar-refractivity contribution in [2.75, 3.05) is 4.90 Å². The number of amides is 1. The zero-order valence-corrected chi connectivity index (χ0v) is 17.8. The molecule has 1 N–H and O–H groups in total. The van der Waals surface area contributed by atoms with Gasteiger partial charge >= 0.3 is 0 Å². The number of carbonyl (C=O) groups excluding carboxylic acids is 1. The Morgan fingerprint density at radius 2 is 1.50 bits per heavy atom. The Morgan fingerprint density at radius 3 is 2.04 bits per heavy atom. The Kier molecular flexibility index (Phi) is 10.3. The van der Waals surface area contributed by atoms with Crippen molar-refractivity contribution in [1.82, 2.24) is 4.98 Å². The van der Waals surface area contributed by atoms with E-state index < -0.39 is 6.23 Å². The van der Waals surface area contributed by atoms with Crippen LogP contribution in [0.5, 0.6) is 0 Å². The summed E-state index contributed by atoms with van der Waals surface area (Å²) in [4.78, 5) is 18.3. The highest BCUT2D eigenvalue weighted by molar-refractivity contribution is 6.09.